The smallest absolute Gasteiger partial charge is 0.152 e. The molecule has 0 saturated carbocycles. The molecule has 1 saturated heterocycles. The number of methoxy groups -OCH3 is 1. The molecule has 1 aliphatic heterocycles. The molecule has 0 spiro atoms. The zero-order valence-corrected chi connectivity index (χ0v) is 12.0. The van der Waals surface area contributed by atoms with Gasteiger partial charge in [0.25, 0.3) is 0 Å². The van der Waals surface area contributed by atoms with Crippen molar-refractivity contribution in [2.24, 2.45) is 11.8 Å². The van der Waals surface area contributed by atoms with Gasteiger partial charge < -0.3 is 10.1 Å². The van der Waals surface area contributed by atoms with Crippen molar-refractivity contribution in [2.75, 3.05) is 20.2 Å². The number of allylic oxidation sites excluding steroid dienone is 2. The zero-order valence-electron chi connectivity index (χ0n) is 10.4. The predicted octanol–water partition coefficient (Wildman–Crippen LogP) is 2.87. The minimum Gasteiger partial charge on any atom is -0.494 e. The fraction of sp³-hybridized carbons (Fsp3) is 0.500. The molecule has 18 heavy (non-hydrogen) atoms. The van der Waals surface area contributed by atoms with Crippen LogP contribution in [-0.2, 0) is 0 Å². The number of nitrogens with one attached hydrogen (secondary N) is 1. The lowest BCUT2D eigenvalue weighted by Crippen LogP contribution is -2.16. The van der Waals surface area contributed by atoms with Crippen LogP contribution in [0.5, 0.6) is 5.75 Å². The van der Waals surface area contributed by atoms with E-state index in [1.54, 1.807) is 7.11 Å². The van der Waals surface area contributed by atoms with Crippen LogP contribution < -0.4 is 10.1 Å². The Kier molecular flexibility index (Phi) is 3.39. The van der Waals surface area contributed by atoms with E-state index in [0.717, 1.165) is 35.2 Å². The number of fused-ring (bicyclic) bond motifs is 1. The maximum Gasteiger partial charge on any atom is 0.152 e. The Morgan fingerprint density at radius 3 is 3.06 bits per heavy atom. The molecule has 0 bridgehead atoms. The molecule has 2 aliphatic rings. The summed E-state index contributed by atoms with van der Waals surface area (Å²) in [6, 6.07) is 2.08. The normalized spacial score (nSPS) is 26.7. The van der Waals surface area contributed by atoms with Crippen LogP contribution >= 0.6 is 15.9 Å². The molecule has 96 valence electrons. The molecule has 0 amide bonds. The number of ether oxygens (including phenoxy) is 1. The van der Waals surface area contributed by atoms with Gasteiger partial charge in [0, 0.05) is 6.20 Å². The second kappa shape index (κ2) is 5.02. The van der Waals surface area contributed by atoms with E-state index in [4.69, 9.17) is 4.74 Å². The van der Waals surface area contributed by atoms with E-state index in [1.165, 1.54) is 24.1 Å². The van der Waals surface area contributed by atoms with Crippen LogP contribution in [0.1, 0.15) is 18.4 Å². The van der Waals surface area contributed by atoms with E-state index >= 15 is 0 Å². The van der Waals surface area contributed by atoms with Gasteiger partial charge in [0.1, 0.15) is 4.60 Å². The van der Waals surface area contributed by atoms with Gasteiger partial charge in [-0.25, -0.2) is 4.98 Å². The second-order valence-electron chi connectivity index (χ2n) is 5.06. The molecule has 4 heteroatoms. The Hall–Kier alpha value is -0.870. The minimum absolute atomic E-state index is 0.769. The van der Waals surface area contributed by atoms with Crippen LogP contribution in [0.15, 0.2) is 22.9 Å². The Bertz CT molecular complexity index is 487. The average Bonchev–Trinajstić information content (AvgIpc) is 2.86. The van der Waals surface area contributed by atoms with Crippen molar-refractivity contribution in [3.63, 3.8) is 0 Å². The van der Waals surface area contributed by atoms with Crippen molar-refractivity contribution < 1.29 is 4.74 Å². The summed E-state index contributed by atoms with van der Waals surface area (Å²) in [7, 11) is 1.68. The van der Waals surface area contributed by atoms with E-state index in [0.29, 0.717) is 0 Å². The summed E-state index contributed by atoms with van der Waals surface area (Å²) in [5.41, 5.74) is 2.61. The minimum atomic E-state index is 0.769. The first kappa shape index (κ1) is 12.2. The van der Waals surface area contributed by atoms with E-state index in [9.17, 15) is 0 Å². The molecule has 1 aliphatic carbocycles. The summed E-state index contributed by atoms with van der Waals surface area (Å²) in [6.07, 6.45) is 6.65. The van der Waals surface area contributed by atoms with E-state index in [-0.39, 0.29) is 0 Å². The number of aromatic nitrogens is 1. The molecule has 1 aromatic heterocycles. The Morgan fingerprint density at radius 1 is 1.39 bits per heavy atom. The molecule has 0 radical (unpaired) electrons. The summed E-state index contributed by atoms with van der Waals surface area (Å²) in [5.74, 6) is 2.43. The van der Waals surface area contributed by atoms with Gasteiger partial charge in [0.05, 0.1) is 7.11 Å². The number of hydrogen-bond acceptors (Lipinski definition) is 3. The third-order valence-corrected chi connectivity index (χ3v) is 4.62. The van der Waals surface area contributed by atoms with Crippen LogP contribution in [0, 0.1) is 11.8 Å². The Labute approximate surface area is 116 Å². The summed E-state index contributed by atoms with van der Waals surface area (Å²) in [5, 5.41) is 3.49. The molecule has 3 rings (SSSR count). The van der Waals surface area contributed by atoms with Gasteiger partial charge in [-0.1, -0.05) is 6.08 Å². The lowest BCUT2D eigenvalue weighted by atomic mass is 9.80. The van der Waals surface area contributed by atoms with Crippen molar-refractivity contribution in [3.05, 3.63) is 28.5 Å². The zero-order chi connectivity index (χ0) is 12.5. The quantitative estimate of drug-likeness (QED) is 0.853. The third kappa shape index (κ3) is 2.19. The van der Waals surface area contributed by atoms with Crippen LogP contribution in [0.2, 0.25) is 0 Å². The molecular weight excluding hydrogens is 292 g/mol. The van der Waals surface area contributed by atoms with Crippen molar-refractivity contribution in [2.45, 2.75) is 12.8 Å². The van der Waals surface area contributed by atoms with Gasteiger partial charge in [-0.3, -0.25) is 0 Å². The maximum atomic E-state index is 5.31. The summed E-state index contributed by atoms with van der Waals surface area (Å²) in [4.78, 5) is 4.35. The van der Waals surface area contributed by atoms with E-state index in [1.807, 2.05) is 6.20 Å². The number of halogens is 1. The number of nitrogens with zero attached hydrogens (tertiary/aromatic N) is 1. The van der Waals surface area contributed by atoms with Crippen molar-refractivity contribution in [3.8, 4) is 5.75 Å². The second-order valence-corrected chi connectivity index (χ2v) is 5.82. The fourth-order valence-corrected chi connectivity index (χ4v) is 3.32. The average molecular weight is 309 g/mol. The highest BCUT2D eigenvalue weighted by Crippen LogP contribution is 2.37. The third-order valence-electron chi connectivity index (χ3n) is 4.03. The van der Waals surface area contributed by atoms with E-state index in [2.05, 4.69) is 38.4 Å². The standard InChI is InChI=1S/C14H17BrN2O/c1-18-13-5-12(8-17-14(13)15)9-2-3-10-6-16-7-11(10)4-9/h2,5,8,10-11,16H,3-4,6-7H2,1H3/t10-,11+/m0/s1. The Morgan fingerprint density at radius 2 is 2.22 bits per heavy atom. The van der Waals surface area contributed by atoms with E-state index < -0.39 is 0 Å². The van der Waals surface area contributed by atoms with Gasteiger partial charge in [0.15, 0.2) is 5.75 Å². The first-order valence-corrected chi connectivity index (χ1v) is 7.17. The molecule has 1 aromatic rings. The van der Waals surface area contributed by atoms with Gasteiger partial charge in [-0.2, -0.15) is 0 Å². The van der Waals surface area contributed by atoms with Crippen molar-refractivity contribution >= 4 is 21.5 Å². The van der Waals surface area contributed by atoms with Crippen LogP contribution in [0.25, 0.3) is 5.57 Å². The van der Waals surface area contributed by atoms with Crippen molar-refractivity contribution in [1.29, 1.82) is 0 Å². The number of rotatable bonds is 2. The monoisotopic (exact) mass is 308 g/mol. The first-order chi connectivity index (χ1) is 8.78. The first-order valence-electron chi connectivity index (χ1n) is 6.37. The molecule has 1 fully saturated rings. The van der Waals surface area contributed by atoms with Gasteiger partial charge in [0.2, 0.25) is 0 Å². The molecule has 2 atom stereocenters. The topological polar surface area (TPSA) is 34.1 Å². The fourth-order valence-electron chi connectivity index (χ4n) is 2.94. The lowest BCUT2D eigenvalue weighted by molar-refractivity contribution is 0.408. The Balaban J connectivity index is 1.86. The number of pyridine rings is 1. The van der Waals surface area contributed by atoms with Crippen LogP contribution in [0.4, 0.5) is 0 Å². The highest BCUT2D eigenvalue weighted by atomic mass is 79.9. The van der Waals surface area contributed by atoms with Crippen molar-refractivity contribution in [1.82, 2.24) is 10.3 Å². The summed E-state index contributed by atoms with van der Waals surface area (Å²) < 4.78 is 6.08. The maximum absolute atomic E-state index is 5.31. The van der Waals surface area contributed by atoms with Crippen LogP contribution in [-0.4, -0.2) is 25.2 Å². The molecule has 3 nitrogen and oxygen atoms in total. The summed E-state index contributed by atoms with van der Waals surface area (Å²) >= 11 is 3.39. The largest absolute Gasteiger partial charge is 0.494 e. The summed E-state index contributed by atoms with van der Waals surface area (Å²) in [6.45, 7) is 2.33. The molecule has 0 unspecified atom stereocenters. The lowest BCUT2D eigenvalue weighted by Gasteiger charge is -2.24. The highest BCUT2D eigenvalue weighted by Gasteiger charge is 2.30. The molecule has 0 aromatic carbocycles. The predicted molar refractivity (Wildman–Crippen MR) is 75.5 cm³/mol. The van der Waals surface area contributed by atoms with Gasteiger partial charge in [-0.05, 0) is 70.9 Å². The molecule has 1 N–H and O–H groups in total. The van der Waals surface area contributed by atoms with Gasteiger partial charge in [-0.15, -0.1) is 0 Å². The number of hydrogen-bond donors (Lipinski definition) is 1. The van der Waals surface area contributed by atoms with Crippen LogP contribution in [0.3, 0.4) is 0 Å². The van der Waals surface area contributed by atoms with Gasteiger partial charge >= 0.3 is 0 Å². The SMILES string of the molecule is COc1cc(C2=CC[C@H]3CNC[C@H]3C2)cnc1Br. The highest BCUT2D eigenvalue weighted by molar-refractivity contribution is 9.10. The molecule has 2 heterocycles. The molecular formula is C14H17BrN2O.